The van der Waals surface area contributed by atoms with Gasteiger partial charge in [-0.05, 0) is 12.5 Å². The Morgan fingerprint density at radius 2 is 2.41 bits per heavy atom. The third-order valence-electron chi connectivity index (χ3n) is 4.42. The monoisotopic (exact) mass is 301 g/mol. The Hall–Kier alpha value is -1.99. The van der Waals surface area contributed by atoms with Crippen LogP contribution in [0, 0.1) is 0 Å². The van der Waals surface area contributed by atoms with Crippen LogP contribution in [-0.2, 0) is 17.9 Å². The Labute approximate surface area is 128 Å². The molecule has 0 N–H and O–H groups in total. The molecule has 2 atom stereocenters. The molecule has 22 heavy (non-hydrogen) atoms. The molecule has 2 aliphatic heterocycles. The maximum absolute atomic E-state index is 5.94. The number of rotatable bonds is 3. The zero-order valence-electron chi connectivity index (χ0n) is 12.6. The highest BCUT2D eigenvalue weighted by atomic mass is 16.5. The first-order chi connectivity index (χ1) is 10.8. The molecule has 116 valence electrons. The van der Waals surface area contributed by atoms with Crippen LogP contribution in [0.25, 0.3) is 0 Å². The van der Waals surface area contributed by atoms with E-state index in [1.807, 2.05) is 16.8 Å². The van der Waals surface area contributed by atoms with Crippen LogP contribution < -0.4 is 4.74 Å². The van der Waals surface area contributed by atoms with E-state index in [0.717, 1.165) is 43.2 Å². The number of fused-ring (bicyclic) bond motifs is 3. The van der Waals surface area contributed by atoms with Crippen LogP contribution in [0.5, 0.6) is 5.75 Å². The van der Waals surface area contributed by atoms with Crippen molar-refractivity contribution in [2.24, 2.45) is 0 Å². The van der Waals surface area contributed by atoms with Crippen LogP contribution in [0.2, 0.25) is 0 Å². The van der Waals surface area contributed by atoms with Gasteiger partial charge in [-0.15, -0.1) is 5.10 Å². The SMILES string of the molecule is COc1ccnc(CN2CC[C@H]3OCc4cnnn4[C@H]3C2)c1. The molecule has 1 saturated heterocycles. The van der Waals surface area contributed by atoms with Crippen LogP contribution in [-0.4, -0.2) is 51.2 Å². The second kappa shape index (κ2) is 5.66. The van der Waals surface area contributed by atoms with Crippen molar-refractivity contribution < 1.29 is 9.47 Å². The van der Waals surface area contributed by atoms with Gasteiger partial charge in [0.25, 0.3) is 0 Å². The van der Waals surface area contributed by atoms with Gasteiger partial charge in [0.15, 0.2) is 0 Å². The Kier molecular flexibility index (Phi) is 3.51. The number of methoxy groups -OCH3 is 1. The molecule has 2 aliphatic rings. The molecule has 0 unspecified atom stereocenters. The highest BCUT2D eigenvalue weighted by molar-refractivity contribution is 5.22. The van der Waals surface area contributed by atoms with Gasteiger partial charge < -0.3 is 9.47 Å². The molecule has 0 aliphatic carbocycles. The number of pyridine rings is 1. The van der Waals surface area contributed by atoms with E-state index >= 15 is 0 Å². The van der Waals surface area contributed by atoms with E-state index in [4.69, 9.17) is 9.47 Å². The second-order valence-electron chi connectivity index (χ2n) is 5.80. The molecular weight excluding hydrogens is 282 g/mol. The standard InChI is InChI=1S/C15H19N5O2/c1-21-13-2-4-16-11(6-13)8-19-5-3-15-14(9-19)20-12(10-22-15)7-17-18-20/h2,4,6-7,14-15H,3,5,8-10H2,1H3/t14-,15+/m0/s1. The summed E-state index contributed by atoms with van der Waals surface area (Å²) >= 11 is 0. The summed E-state index contributed by atoms with van der Waals surface area (Å²) in [5.74, 6) is 0.847. The van der Waals surface area contributed by atoms with Crippen molar-refractivity contribution in [1.29, 1.82) is 0 Å². The normalized spacial score (nSPS) is 24.6. The lowest BCUT2D eigenvalue weighted by atomic mass is 10.0. The lowest BCUT2D eigenvalue weighted by molar-refractivity contribution is -0.0671. The van der Waals surface area contributed by atoms with Crippen molar-refractivity contribution in [2.45, 2.75) is 31.7 Å². The summed E-state index contributed by atoms with van der Waals surface area (Å²) in [6.07, 6.45) is 4.83. The predicted molar refractivity (Wildman–Crippen MR) is 78.3 cm³/mol. The molecule has 7 nitrogen and oxygen atoms in total. The fourth-order valence-corrected chi connectivity index (χ4v) is 3.29. The number of nitrogens with zero attached hydrogens (tertiary/aromatic N) is 5. The maximum atomic E-state index is 5.94. The molecule has 0 radical (unpaired) electrons. The molecule has 7 heteroatoms. The lowest BCUT2D eigenvalue weighted by Gasteiger charge is -2.40. The molecule has 4 heterocycles. The number of aromatic nitrogens is 4. The van der Waals surface area contributed by atoms with Gasteiger partial charge in [-0.3, -0.25) is 9.88 Å². The molecule has 2 aromatic rings. The first-order valence-corrected chi connectivity index (χ1v) is 7.55. The van der Waals surface area contributed by atoms with Gasteiger partial charge in [-0.25, -0.2) is 4.68 Å². The van der Waals surface area contributed by atoms with E-state index < -0.39 is 0 Å². The van der Waals surface area contributed by atoms with Gasteiger partial charge in [-0.2, -0.15) is 0 Å². The third-order valence-corrected chi connectivity index (χ3v) is 4.42. The smallest absolute Gasteiger partial charge is 0.122 e. The van der Waals surface area contributed by atoms with E-state index in [1.54, 1.807) is 19.5 Å². The van der Waals surface area contributed by atoms with E-state index in [9.17, 15) is 0 Å². The van der Waals surface area contributed by atoms with E-state index in [2.05, 4.69) is 20.2 Å². The van der Waals surface area contributed by atoms with E-state index in [0.29, 0.717) is 6.61 Å². The summed E-state index contributed by atoms with van der Waals surface area (Å²) in [7, 11) is 1.68. The van der Waals surface area contributed by atoms with Crippen LogP contribution in [0.3, 0.4) is 0 Å². The van der Waals surface area contributed by atoms with Crippen molar-refractivity contribution in [2.75, 3.05) is 20.2 Å². The first kappa shape index (κ1) is 13.7. The average molecular weight is 301 g/mol. The number of hydrogen-bond acceptors (Lipinski definition) is 6. The number of hydrogen-bond donors (Lipinski definition) is 0. The molecule has 0 amide bonds. The summed E-state index contributed by atoms with van der Waals surface area (Å²) in [5.41, 5.74) is 2.08. The minimum Gasteiger partial charge on any atom is -0.497 e. The highest BCUT2D eigenvalue weighted by Gasteiger charge is 2.36. The summed E-state index contributed by atoms with van der Waals surface area (Å²) in [5, 5.41) is 8.25. The van der Waals surface area contributed by atoms with Crippen molar-refractivity contribution in [3.63, 3.8) is 0 Å². The minimum atomic E-state index is 0.240. The Morgan fingerprint density at radius 3 is 3.32 bits per heavy atom. The quantitative estimate of drug-likeness (QED) is 0.843. The van der Waals surface area contributed by atoms with Crippen LogP contribution >= 0.6 is 0 Å². The molecule has 0 aromatic carbocycles. The minimum absolute atomic E-state index is 0.240. The Balaban J connectivity index is 1.49. The second-order valence-corrected chi connectivity index (χ2v) is 5.80. The predicted octanol–water partition coefficient (Wildman–Crippen LogP) is 1.03. The molecular formula is C15H19N5O2. The van der Waals surface area contributed by atoms with E-state index in [-0.39, 0.29) is 12.1 Å². The average Bonchev–Trinajstić information content (AvgIpc) is 3.04. The van der Waals surface area contributed by atoms with Crippen molar-refractivity contribution in [3.05, 3.63) is 35.9 Å². The van der Waals surface area contributed by atoms with Gasteiger partial charge in [0.2, 0.25) is 0 Å². The fraction of sp³-hybridized carbons (Fsp3) is 0.533. The maximum Gasteiger partial charge on any atom is 0.122 e. The number of likely N-dealkylation sites (tertiary alicyclic amines) is 1. The van der Waals surface area contributed by atoms with Crippen molar-refractivity contribution in [1.82, 2.24) is 24.9 Å². The first-order valence-electron chi connectivity index (χ1n) is 7.55. The Bertz CT molecular complexity index is 659. The number of ether oxygens (including phenoxy) is 2. The zero-order chi connectivity index (χ0) is 14.9. The zero-order valence-corrected chi connectivity index (χ0v) is 12.6. The van der Waals surface area contributed by atoms with Crippen molar-refractivity contribution >= 4 is 0 Å². The molecule has 0 bridgehead atoms. The Morgan fingerprint density at radius 1 is 1.45 bits per heavy atom. The van der Waals surface area contributed by atoms with Gasteiger partial charge in [-0.1, -0.05) is 5.21 Å². The van der Waals surface area contributed by atoms with Gasteiger partial charge in [0.05, 0.1) is 43.4 Å². The molecule has 2 aromatic heterocycles. The summed E-state index contributed by atoms with van der Waals surface area (Å²) in [6.45, 7) is 3.33. The summed E-state index contributed by atoms with van der Waals surface area (Å²) < 4.78 is 13.2. The van der Waals surface area contributed by atoms with Crippen LogP contribution in [0.15, 0.2) is 24.5 Å². The van der Waals surface area contributed by atoms with Gasteiger partial charge in [0, 0.05) is 31.9 Å². The van der Waals surface area contributed by atoms with Gasteiger partial charge >= 0.3 is 0 Å². The lowest BCUT2D eigenvalue weighted by Crippen LogP contribution is -2.47. The molecule has 4 rings (SSSR count). The highest BCUT2D eigenvalue weighted by Crippen LogP contribution is 2.30. The number of piperidine rings is 1. The molecule has 0 saturated carbocycles. The summed E-state index contributed by atoms with van der Waals surface area (Å²) in [6, 6.07) is 4.10. The van der Waals surface area contributed by atoms with Crippen molar-refractivity contribution in [3.8, 4) is 5.75 Å². The van der Waals surface area contributed by atoms with Crippen LogP contribution in [0.4, 0.5) is 0 Å². The topological polar surface area (TPSA) is 65.3 Å². The van der Waals surface area contributed by atoms with E-state index in [1.165, 1.54) is 0 Å². The van der Waals surface area contributed by atoms with Gasteiger partial charge in [0.1, 0.15) is 5.75 Å². The summed E-state index contributed by atoms with van der Waals surface area (Å²) in [4.78, 5) is 6.82. The largest absolute Gasteiger partial charge is 0.497 e. The van der Waals surface area contributed by atoms with Crippen LogP contribution in [0.1, 0.15) is 23.9 Å². The molecule has 1 fully saturated rings. The third kappa shape index (κ3) is 2.46. The molecule has 0 spiro atoms. The fourth-order valence-electron chi connectivity index (χ4n) is 3.29.